The molecule has 3 atom stereocenters. The van der Waals surface area contributed by atoms with Gasteiger partial charge in [0.25, 0.3) is 5.91 Å². The largest absolute Gasteiger partial charge is 0.376 e. The number of amides is 1. The number of ether oxygens (including phenoxy) is 1. The Morgan fingerprint density at radius 2 is 1.73 bits per heavy atom. The molecular formula is C46H46F2N12O3. The fourth-order valence-corrected chi connectivity index (χ4v) is 10.3. The summed E-state index contributed by atoms with van der Waals surface area (Å²) in [5.41, 5.74) is 4.50. The van der Waals surface area contributed by atoms with E-state index in [0.717, 1.165) is 30.2 Å². The normalized spacial score (nSPS) is 20.8. The number of imidazole rings is 1. The lowest BCUT2D eigenvalue weighted by atomic mass is 9.83. The fourth-order valence-electron chi connectivity index (χ4n) is 10.3. The number of hydrogen-bond acceptors (Lipinski definition) is 8. The van der Waals surface area contributed by atoms with Crippen LogP contribution in [0.5, 0.6) is 0 Å². The van der Waals surface area contributed by atoms with Gasteiger partial charge in [0.2, 0.25) is 5.82 Å². The molecular weight excluding hydrogens is 807 g/mol. The zero-order valence-corrected chi connectivity index (χ0v) is 35.9. The highest BCUT2D eigenvalue weighted by atomic mass is 19.1. The highest BCUT2D eigenvalue weighted by Gasteiger charge is 2.59. The van der Waals surface area contributed by atoms with E-state index in [1.807, 2.05) is 6.07 Å². The number of nitrogens with zero attached hydrogens (tertiary/aromatic N) is 11. The van der Waals surface area contributed by atoms with E-state index in [0.29, 0.717) is 76.4 Å². The van der Waals surface area contributed by atoms with E-state index in [9.17, 15) is 4.79 Å². The summed E-state index contributed by atoms with van der Waals surface area (Å²) >= 11 is 0. The highest BCUT2D eigenvalue weighted by molar-refractivity contribution is 5.99. The molecule has 0 radical (unpaired) electrons. The Labute approximate surface area is 359 Å². The van der Waals surface area contributed by atoms with E-state index >= 15 is 13.6 Å². The minimum Gasteiger partial charge on any atom is -0.376 e. The van der Waals surface area contributed by atoms with Gasteiger partial charge in [-0.3, -0.25) is 18.6 Å². The molecule has 2 fully saturated rings. The first-order chi connectivity index (χ1) is 30.2. The maximum absolute atomic E-state index is 16.1. The van der Waals surface area contributed by atoms with Crippen molar-refractivity contribution in [3.8, 4) is 17.2 Å². The van der Waals surface area contributed by atoms with Crippen molar-refractivity contribution in [2.45, 2.75) is 83.9 Å². The minimum atomic E-state index is -0.693. The molecule has 322 valence electrons. The van der Waals surface area contributed by atoms with Crippen molar-refractivity contribution in [3.63, 3.8) is 0 Å². The molecule has 1 amide bonds. The van der Waals surface area contributed by atoms with E-state index in [-0.39, 0.29) is 40.9 Å². The number of H-pyrrole nitrogens is 1. The number of aromatic amines is 1. The van der Waals surface area contributed by atoms with Crippen LogP contribution in [0.15, 0.2) is 71.9 Å². The first-order valence-electron chi connectivity index (χ1n) is 21.4. The van der Waals surface area contributed by atoms with Crippen molar-refractivity contribution in [2.75, 3.05) is 13.2 Å². The molecule has 0 bridgehead atoms. The number of rotatable bonds is 7. The SMILES string of the molecule is Cc1cc(-n2nc3c(c2-n2ccn(-c4ccc5c(cnn5C)c4F)c2=O)CN(C(=O)c2cc4cc([C@H]5CCOC(C)(C)C5)ccc4n2[C@@]2(c4nn[nH]n4)C[C@@H]2C)CC3)cc(C)c1F. The zero-order chi connectivity index (χ0) is 43.7. The molecule has 5 aromatic heterocycles. The Kier molecular flexibility index (Phi) is 8.62. The number of halogens is 2. The summed E-state index contributed by atoms with van der Waals surface area (Å²) < 4.78 is 45.2. The van der Waals surface area contributed by atoms with Crippen LogP contribution in [-0.4, -0.2) is 83.4 Å². The Bertz CT molecular complexity index is 3200. The van der Waals surface area contributed by atoms with Gasteiger partial charge < -0.3 is 14.2 Å². The van der Waals surface area contributed by atoms with Crippen molar-refractivity contribution < 1.29 is 18.3 Å². The van der Waals surface area contributed by atoms with Gasteiger partial charge in [-0.15, -0.1) is 10.2 Å². The second-order valence-electron chi connectivity index (χ2n) is 18.2. The molecule has 1 saturated heterocycles. The van der Waals surface area contributed by atoms with Gasteiger partial charge in [0.15, 0.2) is 5.82 Å². The monoisotopic (exact) mass is 852 g/mol. The number of tetrazole rings is 1. The van der Waals surface area contributed by atoms with Gasteiger partial charge in [-0.25, -0.2) is 18.3 Å². The Hall–Kier alpha value is -6.75. The fraction of sp³-hybridized carbons (Fsp3) is 0.370. The number of benzene rings is 3. The Morgan fingerprint density at radius 1 is 0.968 bits per heavy atom. The van der Waals surface area contributed by atoms with Crippen LogP contribution < -0.4 is 5.69 Å². The van der Waals surface area contributed by atoms with Crippen LogP contribution in [-0.2, 0) is 30.3 Å². The number of carbonyl (C=O) groups excluding carboxylic acids is 1. The maximum Gasteiger partial charge on any atom is 0.338 e. The molecule has 7 heterocycles. The molecule has 1 aliphatic carbocycles. The van der Waals surface area contributed by atoms with Crippen molar-refractivity contribution >= 4 is 27.7 Å². The lowest BCUT2D eigenvalue weighted by molar-refractivity contribution is -0.0592. The van der Waals surface area contributed by atoms with Gasteiger partial charge in [0, 0.05) is 55.5 Å². The minimum absolute atomic E-state index is 0.0609. The van der Waals surface area contributed by atoms with Crippen LogP contribution in [0.1, 0.15) is 90.2 Å². The van der Waals surface area contributed by atoms with Gasteiger partial charge in [0.1, 0.15) is 22.9 Å². The van der Waals surface area contributed by atoms with Crippen LogP contribution in [0.2, 0.25) is 0 Å². The molecule has 15 nitrogen and oxygen atoms in total. The maximum atomic E-state index is 16.1. The number of hydrogen-bond donors (Lipinski definition) is 1. The third kappa shape index (κ3) is 5.95. The van der Waals surface area contributed by atoms with Crippen LogP contribution in [0.3, 0.4) is 0 Å². The van der Waals surface area contributed by atoms with Crippen molar-refractivity contribution in [2.24, 2.45) is 13.0 Å². The van der Waals surface area contributed by atoms with Crippen molar-refractivity contribution in [1.29, 1.82) is 0 Å². The topological polar surface area (TPSA) is 152 Å². The van der Waals surface area contributed by atoms with E-state index in [1.165, 1.54) is 27.1 Å². The number of carbonyl (C=O) groups is 1. The van der Waals surface area contributed by atoms with Gasteiger partial charge in [0.05, 0.1) is 46.3 Å². The van der Waals surface area contributed by atoms with Gasteiger partial charge in [-0.05, 0) is 118 Å². The summed E-state index contributed by atoms with van der Waals surface area (Å²) in [6.07, 6.45) is 7.43. The van der Waals surface area contributed by atoms with Crippen LogP contribution in [0, 0.1) is 31.4 Å². The average molecular weight is 853 g/mol. The molecule has 63 heavy (non-hydrogen) atoms. The van der Waals surface area contributed by atoms with Crippen LogP contribution in [0.25, 0.3) is 39.0 Å². The molecule has 0 unspecified atom stereocenters. The lowest BCUT2D eigenvalue weighted by Crippen LogP contribution is -2.39. The molecule has 1 N–H and O–H groups in total. The molecule has 17 heteroatoms. The lowest BCUT2D eigenvalue weighted by Gasteiger charge is -2.35. The van der Waals surface area contributed by atoms with Crippen LogP contribution in [0.4, 0.5) is 8.78 Å². The molecule has 1 saturated carbocycles. The molecule has 0 spiro atoms. The summed E-state index contributed by atoms with van der Waals surface area (Å²) in [7, 11) is 1.73. The van der Waals surface area contributed by atoms with E-state index in [2.05, 4.69) is 69.3 Å². The molecule has 11 rings (SSSR count). The predicted octanol–water partition coefficient (Wildman–Crippen LogP) is 6.72. The Balaban J connectivity index is 1.04. The first-order valence-corrected chi connectivity index (χ1v) is 21.4. The molecule has 3 aliphatic rings. The van der Waals surface area contributed by atoms with Gasteiger partial charge in [-0.2, -0.15) is 15.4 Å². The predicted molar refractivity (Wildman–Crippen MR) is 230 cm³/mol. The molecule has 8 aromatic rings. The van der Waals surface area contributed by atoms with E-state index in [1.54, 1.807) is 65.6 Å². The second-order valence-corrected chi connectivity index (χ2v) is 18.2. The van der Waals surface area contributed by atoms with E-state index in [4.69, 9.17) is 9.84 Å². The molecule has 3 aromatic carbocycles. The van der Waals surface area contributed by atoms with Crippen LogP contribution >= 0.6 is 0 Å². The molecule has 2 aliphatic heterocycles. The number of aromatic nitrogens is 11. The number of fused-ring (bicyclic) bond motifs is 3. The van der Waals surface area contributed by atoms with Gasteiger partial charge in [-0.1, -0.05) is 18.2 Å². The third-order valence-corrected chi connectivity index (χ3v) is 13.7. The summed E-state index contributed by atoms with van der Waals surface area (Å²) in [6, 6.07) is 15.1. The van der Waals surface area contributed by atoms with Gasteiger partial charge >= 0.3 is 5.69 Å². The highest BCUT2D eigenvalue weighted by Crippen LogP contribution is 2.56. The van der Waals surface area contributed by atoms with E-state index < -0.39 is 17.0 Å². The smallest absolute Gasteiger partial charge is 0.338 e. The second kappa shape index (κ2) is 13.9. The summed E-state index contributed by atoms with van der Waals surface area (Å²) in [6.45, 7) is 10.9. The zero-order valence-electron chi connectivity index (χ0n) is 35.9. The quantitative estimate of drug-likeness (QED) is 0.186. The third-order valence-electron chi connectivity index (χ3n) is 13.7. The summed E-state index contributed by atoms with van der Waals surface area (Å²) in [4.78, 5) is 31.7. The number of aryl methyl sites for hydroxylation is 3. The van der Waals surface area contributed by atoms with Crippen molar-refractivity contribution in [3.05, 3.63) is 129 Å². The number of nitrogens with one attached hydrogen (secondary N) is 1. The standard InChI is InChI=1S/C46H46F2N12O3/c1-25-17-31(18-26(2)39(25)47)60-41(58-15-14-57(44(58)62)37-10-9-36-32(40(37)48)23-49-55(36)6)33-24-56(13-11-34(33)52-60)42(61)38-20-30-19-28(29-12-16-63-45(4,5)22-29)7-8-35(30)59(38)46(21-27(46)3)43-50-53-54-51-43/h7-10,14-15,17-20,23,27,29H,11-13,16,21-22,24H2,1-6H3,(H,50,51,53,54)/t27-,29-,46-/m0/s1. The Morgan fingerprint density at radius 3 is 2.46 bits per heavy atom. The summed E-state index contributed by atoms with van der Waals surface area (Å²) in [5, 5.41) is 25.9. The first kappa shape index (κ1) is 39.1. The van der Waals surface area contributed by atoms with Crippen molar-refractivity contribution in [1.82, 2.24) is 58.8 Å². The average Bonchev–Trinajstić information content (AvgIpc) is 3.94. The summed E-state index contributed by atoms with van der Waals surface area (Å²) in [5.74, 6) is 0.215.